The molecule has 2 heterocycles. The van der Waals surface area contributed by atoms with Gasteiger partial charge in [0, 0.05) is 31.2 Å². The highest BCUT2D eigenvalue weighted by Gasteiger charge is 2.25. The maximum Gasteiger partial charge on any atom is 0.220 e. The Morgan fingerprint density at radius 1 is 1.36 bits per heavy atom. The number of hydrogen-bond acceptors (Lipinski definition) is 3. The SMILES string of the molecule is CC(CC(=O)NC1CCCN(c2cccc(F)c2)C1)C1CCNCC1. The lowest BCUT2D eigenvalue weighted by atomic mass is 9.84. The molecule has 1 aromatic carbocycles. The summed E-state index contributed by atoms with van der Waals surface area (Å²) in [5.41, 5.74) is 0.905. The Hall–Kier alpha value is -1.62. The number of amides is 1. The second-order valence-electron chi connectivity index (χ2n) is 7.60. The molecule has 0 aliphatic carbocycles. The molecule has 25 heavy (non-hydrogen) atoms. The minimum Gasteiger partial charge on any atom is -0.369 e. The molecule has 2 fully saturated rings. The van der Waals surface area contributed by atoms with Crippen LogP contribution in [0.1, 0.15) is 39.0 Å². The van der Waals surface area contributed by atoms with Gasteiger partial charge in [0.1, 0.15) is 5.82 Å². The van der Waals surface area contributed by atoms with Crippen LogP contribution in [0.2, 0.25) is 0 Å². The van der Waals surface area contributed by atoms with Gasteiger partial charge in [-0.15, -0.1) is 0 Å². The summed E-state index contributed by atoms with van der Waals surface area (Å²) >= 11 is 0. The van der Waals surface area contributed by atoms with Crippen molar-refractivity contribution in [3.8, 4) is 0 Å². The van der Waals surface area contributed by atoms with Crippen LogP contribution in [-0.4, -0.2) is 38.1 Å². The first-order valence-electron chi connectivity index (χ1n) is 9.62. The first-order chi connectivity index (χ1) is 12.1. The largest absolute Gasteiger partial charge is 0.369 e. The topological polar surface area (TPSA) is 44.4 Å². The lowest BCUT2D eigenvalue weighted by Gasteiger charge is -2.35. The molecule has 1 aromatic rings. The zero-order valence-electron chi connectivity index (χ0n) is 15.1. The van der Waals surface area contributed by atoms with Crippen LogP contribution in [0.4, 0.5) is 10.1 Å². The third kappa shape index (κ3) is 5.18. The maximum absolute atomic E-state index is 13.4. The van der Waals surface area contributed by atoms with Crippen molar-refractivity contribution in [2.24, 2.45) is 11.8 Å². The van der Waals surface area contributed by atoms with Gasteiger partial charge in [0.2, 0.25) is 5.91 Å². The van der Waals surface area contributed by atoms with Gasteiger partial charge in [0.25, 0.3) is 0 Å². The van der Waals surface area contributed by atoms with Gasteiger partial charge in [0.05, 0.1) is 0 Å². The summed E-state index contributed by atoms with van der Waals surface area (Å²) in [7, 11) is 0. The van der Waals surface area contributed by atoms with Crippen molar-refractivity contribution in [2.75, 3.05) is 31.1 Å². The van der Waals surface area contributed by atoms with E-state index in [1.807, 2.05) is 6.07 Å². The first kappa shape index (κ1) is 18.2. The molecule has 2 atom stereocenters. The molecule has 4 nitrogen and oxygen atoms in total. The monoisotopic (exact) mass is 347 g/mol. The second kappa shape index (κ2) is 8.65. The minimum atomic E-state index is -0.209. The van der Waals surface area contributed by atoms with Crippen LogP contribution in [0.5, 0.6) is 0 Å². The molecule has 1 amide bonds. The van der Waals surface area contributed by atoms with Crippen molar-refractivity contribution in [1.29, 1.82) is 0 Å². The van der Waals surface area contributed by atoms with Crippen LogP contribution in [0, 0.1) is 17.7 Å². The van der Waals surface area contributed by atoms with Crippen LogP contribution < -0.4 is 15.5 Å². The number of halogens is 1. The Kier molecular flexibility index (Phi) is 6.29. The van der Waals surface area contributed by atoms with Crippen molar-refractivity contribution in [3.63, 3.8) is 0 Å². The van der Waals surface area contributed by atoms with Gasteiger partial charge >= 0.3 is 0 Å². The first-order valence-corrected chi connectivity index (χ1v) is 9.62. The molecule has 2 unspecified atom stereocenters. The number of carbonyl (C=O) groups is 1. The number of nitrogens with one attached hydrogen (secondary N) is 2. The van der Waals surface area contributed by atoms with Crippen LogP contribution in [0.3, 0.4) is 0 Å². The Labute approximate surface area is 150 Å². The predicted octanol–water partition coefficient (Wildman–Crippen LogP) is 2.94. The molecular formula is C20H30FN3O. The van der Waals surface area contributed by atoms with E-state index in [1.54, 1.807) is 12.1 Å². The Morgan fingerprint density at radius 2 is 2.16 bits per heavy atom. The van der Waals surface area contributed by atoms with E-state index in [1.165, 1.54) is 18.9 Å². The summed E-state index contributed by atoms with van der Waals surface area (Å²) in [5, 5.41) is 6.59. The average molecular weight is 347 g/mol. The van der Waals surface area contributed by atoms with Crippen molar-refractivity contribution in [3.05, 3.63) is 30.1 Å². The van der Waals surface area contributed by atoms with E-state index in [9.17, 15) is 9.18 Å². The van der Waals surface area contributed by atoms with Gasteiger partial charge in [-0.3, -0.25) is 4.79 Å². The molecule has 0 aromatic heterocycles. The summed E-state index contributed by atoms with van der Waals surface area (Å²) in [4.78, 5) is 14.6. The molecule has 5 heteroatoms. The summed E-state index contributed by atoms with van der Waals surface area (Å²) in [6.45, 7) is 6.03. The molecular weight excluding hydrogens is 317 g/mol. The summed E-state index contributed by atoms with van der Waals surface area (Å²) < 4.78 is 13.4. The number of rotatable bonds is 5. The Morgan fingerprint density at radius 3 is 2.92 bits per heavy atom. The smallest absolute Gasteiger partial charge is 0.220 e. The fourth-order valence-corrected chi connectivity index (χ4v) is 4.16. The number of anilines is 1. The predicted molar refractivity (Wildman–Crippen MR) is 99.2 cm³/mol. The van der Waals surface area contributed by atoms with E-state index in [0.29, 0.717) is 18.3 Å². The lowest BCUT2D eigenvalue weighted by Crippen LogP contribution is -2.48. The fraction of sp³-hybridized carbons (Fsp3) is 0.650. The van der Waals surface area contributed by atoms with E-state index < -0.39 is 0 Å². The van der Waals surface area contributed by atoms with Gasteiger partial charge < -0.3 is 15.5 Å². The summed E-state index contributed by atoms with van der Waals surface area (Å²) in [6, 6.07) is 6.88. The summed E-state index contributed by atoms with van der Waals surface area (Å²) in [5.74, 6) is 1.05. The normalized spacial score (nSPS) is 23.3. The zero-order chi connectivity index (χ0) is 17.6. The van der Waals surface area contributed by atoms with Gasteiger partial charge in [-0.05, 0) is 68.8 Å². The molecule has 0 bridgehead atoms. The average Bonchev–Trinajstić information content (AvgIpc) is 2.62. The molecule has 138 valence electrons. The molecule has 2 saturated heterocycles. The van der Waals surface area contributed by atoms with Crippen molar-refractivity contribution in [1.82, 2.24) is 10.6 Å². The fourth-order valence-electron chi connectivity index (χ4n) is 4.16. The summed E-state index contributed by atoms with van der Waals surface area (Å²) in [6.07, 6.45) is 4.97. The van der Waals surface area contributed by atoms with Gasteiger partial charge in [-0.1, -0.05) is 13.0 Å². The third-order valence-electron chi connectivity index (χ3n) is 5.66. The zero-order valence-corrected chi connectivity index (χ0v) is 15.1. The number of hydrogen-bond donors (Lipinski definition) is 2. The van der Waals surface area contributed by atoms with E-state index in [0.717, 1.165) is 44.7 Å². The van der Waals surface area contributed by atoms with E-state index >= 15 is 0 Å². The number of carbonyl (C=O) groups excluding carboxylic acids is 1. The van der Waals surface area contributed by atoms with Gasteiger partial charge in [-0.2, -0.15) is 0 Å². The number of benzene rings is 1. The van der Waals surface area contributed by atoms with Crippen LogP contribution >= 0.6 is 0 Å². The van der Waals surface area contributed by atoms with Crippen LogP contribution in [0.15, 0.2) is 24.3 Å². The second-order valence-corrected chi connectivity index (χ2v) is 7.60. The van der Waals surface area contributed by atoms with Crippen molar-refractivity contribution < 1.29 is 9.18 Å². The van der Waals surface area contributed by atoms with Crippen LogP contribution in [0.25, 0.3) is 0 Å². The van der Waals surface area contributed by atoms with E-state index in [2.05, 4.69) is 22.5 Å². The van der Waals surface area contributed by atoms with Crippen molar-refractivity contribution >= 4 is 11.6 Å². The highest BCUT2D eigenvalue weighted by Crippen LogP contribution is 2.25. The highest BCUT2D eigenvalue weighted by atomic mass is 19.1. The number of piperidine rings is 2. The van der Waals surface area contributed by atoms with E-state index in [-0.39, 0.29) is 17.8 Å². The van der Waals surface area contributed by atoms with Crippen LogP contribution in [-0.2, 0) is 4.79 Å². The molecule has 2 N–H and O–H groups in total. The maximum atomic E-state index is 13.4. The molecule has 0 saturated carbocycles. The van der Waals surface area contributed by atoms with Gasteiger partial charge in [0.15, 0.2) is 0 Å². The molecule has 2 aliphatic heterocycles. The third-order valence-corrected chi connectivity index (χ3v) is 5.66. The quantitative estimate of drug-likeness (QED) is 0.861. The molecule has 0 radical (unpaired) electrons. The molecule has 2 aliphatic rings. The van der Waals surface area contributed by atoms with Crippen molar-refractivity contribution in [2.45, 2.75) is 45.1 Å². The Bertz CT molecular complexity index is 574. The standard InChI is InChI=1S/C20H30FN3O/c1-15(16-7-9-22-10-8-16)12-20(25)23-18-5-3-11-24(14-18)19-6-2-4-17(21)13-19/h2,4,6,13,15-16,18,22H,3,5,7-12,14H2,1H3,(H,23,25). The lowest BCUT2D eigenvalue weighted by molar-refractivity contribution is -0.123. The highest BCUT2D eigenvalue weighted by molar-refractivity contribution is 5.76. The minimum absolute atomic E-state index is 0.157. The van der Waals surface area contributed by atoms with E-state index in [4.69, 9.17) is 0 Å². The Balaban J connectivity index is 1.49. The number of nitrogens with zero attached hydrogens (tertiary/aromatic N) is 1. The van der Waals surface area contributed by atoms with Gasteiger partial charge in [-0.25, -0.2) is 4.39 Å². The molecule has 0 spiro atoms. The molecule has 3 rings (SSSR count).